The van der Waals surface area contributed by atoms with Crippen LogP contribution in [0.2, 0.25) is 0 Å². The maximum Gasteiger partial charge on any atom is 0.254 e. The fourth-order valence-corrected chi connectivity index (χ4v) is 4.87. The van der Waals surface area contributed by atoms with Crippen molar-refractivity contribution in [1.29, 1.82) is 0 Å². The molecular formula is C25H30FN3O3. The van der Waals surface area contributed by atoms with Gasteiger partial charge >= 0.3 is 0 Å². The number of hydrogen-bond donors (Lipinski definition) is 1. The Balaban J connectivity index is 1.28. The van der Waals surface area contributed by atoms with Crippen molar-refractivity contribution in [1.82, 2.24) is 15.1 Å². The van der Waals surface area contributed by atoms with Gasteiger partial charge in [0.25, 0.3) is 5.91 Å². The van der Waals surface area contributed by atoms with Crippen LogP contribution in [-0.2, 0) is 24.4 Å². The number of nitrogens with one attached hydrogen (secondary N) is 1. The van der Waals surface area contributed by atoms with Gasteiger partial charge in [-0.3, -0.25) is 9.69 Å². The van der Waals surface area contributed by atoms with Crippen molar-refractivity contribution < 1.29 is 18.7 Å². The molecule has 3 aliphatic heterocycles. The zero-order chi connectivity index (χ0) is 21.9. The third-order valence-corrected chi connectivity index (χ3v) is 6.67. The minimum Gasteiger partial charge on any atom is -0.488 e. The molecular weight excluding hydrogens is 409 g/mol. The molecule has 32 heavy (non-hydrogen) atoms. The topological polar surface area (TPSA) is 54.0 Å². The van der Waals surface area contributed by atoms with E-state index in [0.717, 1.165) is 69.9 Å². The summed E-state index contributed by atoms with van der Waals surface area (Å²) in [4.78, 5) is 17.2. The Morgan fingerprint density at radius 2 is 2.06 bits per heavy atom. The van der Waals surface area contributed by atoms with Crippen LogP contribution in [0.15, 0.2) is 36.4 Å². The first-order valence-corrected chi connectivity index (χ1v) is 11.5. The molecule has 0 aliphatic carbocycles. The normalized spacial score (nSPS) is 21.6. The largest absolute Gasteiger partial charge is 0.488 e. The van der Waals surface area contributed by atoms with E-state index in [0.29, 0.717) is 23.4 Å². The van der Waals surface area contributed by atoms with Crippen molar-refractivity contribution in [3.8, 4) is 5.75 Å². The molecule has 170 valence electrons. The third-order valence-electron chi connectivity index (χ3n) is 6.67. The van der Waals surface area contributed by atoms with E-state index in [4.69, 9.17) is 9.47 Å². The van der Waals surface area contributed by atoms with Gasteiger partial charge in [-0.05, 0) is 49.2 Å². The molecule has 0 radical (unpaired) electrons. The number of hydrogen-bond acceptors (Lipinski definition) is 5. The summed E-state index contributed by atoms with van der Waals surface area (Å²) >= 11 is 0. The molecule has 3 aliphatic rings. The van der Waals surface area contributed by atoms with Crippen LogP contribution < -0.4 is 10.1 Å². The highest BCUT2D eigenvalue weighted by Gasteiger charge is 2.35. The van der Waals surface area contributed by atoms with Crippen molar-refractivity contribution in [2.45, 2.75) is 38.6 Å². The van der Waals surface area contributed by atoms with E-state index in [1.54, 1.807) is 0 Å². The van der Waals surface area contributed by atoms with Crippen LogP contribution in [0.25, 0.3) is 0 Å². The standard InChI is InChI=1S/C25H30FN3O3/c26-23-7-6-18(15-28-9-11-31-12-10-28)13-19(23)17-32-24-5-1-4-21-22(24)16-29(25(21)30)20-3-2-8-27-14-20/h1,4-7,13,20,27H,2-3,8-12,14-17H2. The second kappa shape index (κ2) is 9.57. The van der Waals surface area contributed by atoms with E-state index >= 15 is 0 Å². The maximum absolute atomic E-state index is 14.5. The molecule has 6 nitrogen and oxygen atoms in total. The molecule has 0 saturated carbocycles. The molecule has 1 N–H and O–H groups in total. The molecule has 2 aromatic carbocycles. The lowest BCUT2D eigenvalue weighted by Gasteiger charge is -2.31. The summed E-state index contributed by atoms with van der Waals surface area (Å²) < 4.78 is 26.0. The Morgan fingerprint density at radius 1 is 1.19 bits per heavy atom. The van der Waals surface area contributed by atoms with Crippen molar-refractivity contribution in [2.75, 3.05) is 39.4 Å². The van der Waals surface area contributed by atoms with Gasteiger partial charge in [0.15, 0.2) is 0 Å². The average molecular weight is 440 g/mol. The van der Waals surface area contributed by atoms with Gasteiger partial charge in [-0.1, -0.05) is 12.1 Å². The van der Waals surface area contributed by atoms with Crippen LogP contribution in [0.1, 0.15) is 39.9 Å². The average Bonchev–Trinajstić information content (AvgIpc) is 3.18. The summed E-state index contributed by atoms with van der Waals surface area (Å²) in [6.07, 6.45) is 2.10. The number of nitrogens with zero attached hydrogens (tertiary/aromatic N) is 2. The molecule has 2 saturated heterocycles. The number of benzene rings is 2. The Hall–Kier alpha value is -2.48. The molecule has 1 unspecified atom stereocenters. The number of rotatable bonds is 6. The summed E-state index contributed by atoms with van der Waals surface area (Å²) in [5, 5.41) is 3.38. The molecule has 0 spiro atoms. The van der Waals surface area contributed by atoms with E-state index in [1.165, 1.54) is 6.07 Å². The Kier molecular flexibility index (Phi) is 6.39. The number of ether oxygens (including phenoxy) is 2. The molecule has 1 amide bonds. The summed E-state index contributed by atoms with van der Waals surface area (Å²) in [7, 11) is 0. The van der Waals surface area contributed by atoms with Crippen LogP contribution in [0.4, 0.5) is 4.39 Å². The molecule has 7 heteroatoms. The Morgan fingerprint density at radius 3 is 2.88 bits per heavy atom. The molecule has 3 heterocycles. The molecule has 5 rings (SSSR count). The number of fused-ring (bicyclic) bond motifs is 1. The van der Waals surface area contributed by atoms with Gasteiger partial charge < -0.3 is 19.7 Å². The zero-order valence-electron chi connectivity index (χ0n) is 18.3. The first-order chi connectivity index (χ1) is 15.7. The lowest BCUT2D eigenvalue weighted by molar-refractivity contribution is 0.0341. The molecule has 2 aromatic rings. The summed E-state index contributed by atoms with van der Waals surface area (Å²) in [5.74, 6) is 0.465. The second-order valence-corrected chi connectivity index (χ2v) is 8.82. The first kappa shape index (κ1) is 21.4. The summed E-state index contributed by atoms with van der Waals surface area (Å²) in [6.45, 7) is 6.56. The highest BCUT2D eigenvalue weighted by molar-refractivity contribution is 5.99. The number of morpholine rings is 1. The molecule has 1 atom stereocenters. The second-order valence-electron chi connectivity index (χ2n) is 8.82. The maximum atomic E-state index is 14.5. The minimum atomic E-state index is -0.269. The van der Waals surface area contributed by atoms with E-state index in [2.05, 4.69) is 10.2 Å². The predicted molar refractivity (Wildman–Crippen MR) is 119 cm³/mol. The lowest BCUT2D eigenvalue weighted by atomic mass is 10.1. The van der Waals surface area contributed by atoms with Crippen molar-refractivity contribution in [3.63, 3.8) is 0 Å². The summed E-state index contributed by atoms with van der Waals surface area (Å²) in [6, 6.07) is 11.0. The Bertz CT molecular complexity index is 971. The van der Waals surface area contributed by atoms with Gasteiger partial charge in [0, 0.05) is 48.9 Å². The van der Waals surface area contributed by atoms with Gasteiger partial charge in [0.1, 0.15) is 18.2 Å². The fraction of sp³-hybridized carbons (Fsp3) is 0.480. The van der Waals surface area contributed by atoms with E-state index in [9.17, 15) is 9.18 Å². The lowest BCUT2D eigenvalue weighted by Crippen LogP contribution is -2.46. The fourth-order valence-electron chi connectivity index (χ4n) is 4.87. The summed E-state index contributed by atoms with van der Waals surface area (Å²) in [5.41, 5.74) is 3.21. The van der Waals surface area contributed by atoms with Crippen LogP contribution in [0.3, 0.4) is 0 Å². The Labute approximate surface area is 188 Å². The van der Waals surface area contributed by atoms with Gasteiger partial charge in [0.2, 0.25) is 0 Å². The minimum absolute atomic E-state index is 0.0674. The van der Waals surface area contributed by atoms with Crippen LogP contribution in [0.5, 0.6) is 5.75 Å². The van der Waals surface area contributed by atoms with Crippen molar-refractivity contribution >= 4 is 5.91 Å². The zero-order valence-corrected chi connectivity index (χ0v) is 18.3. The highest BCUT2D eigenvalue weighted by Crippen LogP contribution is 2.33. The van der Waals surface area contributed by atoms with Gasteiger partial charge in [0.05, 0.1) is 19.8 Å². The molecule has 2 fully saturated rings. The molecule has 0 bridgehead atoms. The number of carbonyl (C=O) groups is 1. The quantitative estimate of drug-likeness (QED) is 0.750. The van der Waals surface area contributed by atoms with E-state index in [1.807, 2.05) is 35.2 Å². The number of halogens is 1. The smallest absolute Gasteiger partial charge is 0.254 e. The van der Waals surface area contributed by atoms with Gasteiger partial charge in [-0.2, -0.15) is 0 Å². The van der Waals surface area contributed by atoms with Gasteiger partial charge in [-0.15, -0.1) is 0 Å². The van der Waals surface area contributed by atoms with Crippen molar-refractivity contribution in [3.05, 3.63) is 64.5 Å². The third kappa shape index (κ3) is 4.51. The molecule has 0 aromatic heterocycles. The van der Waals surface area contributed by atoms with E-state index in [-0.39, 0.29) is 24.4 Å². The van der Waals surface area contributed by atoms with Crippen LogP contribution in [-0.4, -0.2) is 61.1 Å². The van der Waals surface area contributed by atoms with Crippen LogP contribution >= 0.6 is 0 Å². The number of carbonyl (C=O) groups excluding carboxylic acids is 1. The van der Waals surface area contributed by atoms with Crippen LogP contribution in [0, 0.1) is 5.82 Å². The number of piperidine rings is 1. The predicted octanol–water partition coefficient (Wildman–Crippen LogP) is 2.94. The SMILES string of the molecule is O=C1c2cccc(OCc3cc(CN4CCOCC4)ccc3F)c2CN1C1CCCNC1. The highest BCUT2D eigenvalue weighted by atomic mass is 19.1. The monoisotopic (exact) mass is 439 g/mol. The number of amides is 1. The van der Waals surface area contributed by atoms with Crippen molar-refractivity contribution in [2.24, 2.45) is 0 Å². The first-order valence-electron chi connectivity index (χ1n) is 11.5. The van der Waals surface area contributed by atoms with E-state index < -0.39 is 0 Å². The van der Waals surface area contributed by atoms with Gasteiger partial charge in [-0.25, -0.2) is 4.39 Å².